The van der Waals surface area contributed by atoms with Crippen LogP contribution in [0.15, 0.2) is 42.5 Å². The van der Waals surface area contributed by atoms with Crippen molar-refractivity contribution in [1.82, 2.24) is 10.2 Å². The van der Waals surface area contributed by atoms with Gasteiger partial charge in [-0.15, -0.1) is 0 Å². The topological polar surface area (TPSA) is 58.6 Å². The van der Waals surface area contributed by atoms with Crippen LogP contribution in [-0.2, 0) is 22.6 Å². The van der Waals surface area contributed by atoms with Crippen LogP contribution in [0.1, 0.15) is 38.8 Å². The second-order valence-electron chi connectivity index (χ2n) is 8.21. The molecular weight excluding hydrogens is 423 g/mol. The van der Waals surface area contributed by atoms with Crippen molar-refractivity contribution >= 4 is 35.0 Å². The summed E-state index contributed by atoms with van der Waals surface area (Å²) in [5, 5.41) is 3.77. The molecule has 1 unspecified atom stereocenters. The highest BCUT2D eigenvalue weighted by atomic mass is 35.5. The van der Waals surface area contributed by atoms with Crippen LogP contribution in [0.2, 0.25) is 10.0 Å². The van der Waals surface area contributed by atoms with Gasteiger partial charge in [0.05, 0.1) is 23.6 Å². The predicted molar refractivity (Wildman–Crippen MR) is 121 cm³/mol. The molecule has 2 amide bonds. The van der Waals surface area contributed by atoms with E-state index in [-0.39, 0.29) is 24.8 Å². The van der Waals surface area contributed by atoms with Crippen molar-refractivity contribution in [1.29, 1.82) is 0 Å². The summed E-state index contributed by atoms with van der Waals surface area (Å²) in [4.78, 5) is 27.6. The number of halogens is 2. The van der Waals surface area contributed by atoms with Gasteiger partial charge in [-0.1, -0.05) is 41.4 Å². The van der Waals surface area contributed by atoms with E-state index in [1.807, 2.05) is 45.0 Å². The number of rotatable bonds is 7. The van der Waals surface area contributed by atoms with Gasteiger partial charge in [-0.3, -0.25) is 9.59 Å². The van der Waals surface area contributed by atoms with Gasteiger partial charge in [0.1, 0.15) is 11.8 Å². The maximum Gasteiger partial charge on any atom is 0.242 e. The molecule has 162 valence electrons. The Kier molecular flexibility index (Phi) is 8.16. The van der Waals surface area contributed by atoms with Crippen molar-refractivity contribution in [3.05, 3.63) is 63.6 Å². The monoisotopic (exact) mass is 450 g/mol. The lowest BCUT2D eigenvalue weighted by Crippen LogP contribution is -2.52. The molecule has 0 bridgehead atoms. The highest BCUT2D eigenvalue weighted by Crippen LogP contribution is 2.24. The molecule has 0 aliphatic carbocycles. The predicted octanol–water partition coefficient (Wildman–Crippen LogP) is 4.88. The summed E-state index contributed by atoms with van der Waals surface area (Å²) in [5.74, 6) is 0.289. The van der Waals surface area contributed by atoms with Gasteiger partial charge in [0.25, 0.3) is 0 Å². The number of nitrogens with zero attached hydrogens (tertiary/aromatic N) is 1. The molecule has 2 aromatic rings. The van der Waals surface area contributed by atoms with Crippen LogP contribution >= 0.6 is 23.2 Å². The van der Waals surface area contributed by atoms with E-state index in [0.29, 0.717) is 15.8 Å². The molecule has 0 heterocycles. The van der Waals surface area contributed by atoms with Gasteiger partial charge in [-0.25, -0.2) is 0 Å². The van der Waals surface area contributed by atoms with Crippen LogP contribution in [0.5, 0.6) is 5.75 Å². The lowest BCUT2D eigenvalue weighted by molar-refractivity contribution is -0.140. The SMILES string of the molecule is COc1cccc(CN(C(=O)Cc2ccc(Cl)c(Cl)c2)C(C)C(=O)NC(C)(C)C)c1. The van der Waals surface area contributed by atoms with Gasteiger partial charge in [-0.2, -0.15) is 0 Å². The van der Waals surface area contributed by atoms with Crippen LogP contribution in [0.4, 0.5) is 0 Å². The molecule has 0 aliphatic rings. The van der Waals surface area contributed by atoms with E-state index in [1.54, 1.807) is 37.1 Å². The summed E-state index contributed by atoms with van der Waals surface area (Å²) in [6.45, 7) is 7.72. The van der Waals surface area contributed by atoms with Gasteiger partial charge in [0.2, 0.25) is 11.8 Å². The van der Waals surface area contributed by atoms with Crippen molar-refractivity contribution in [2.24, 2.45) is 0 Å². The molecule has 0 aromatic heterocycles. The summed E-state index contributed by atoms with van der Waals surface area (Å²) in [5.41, 5.74) is 1.19. The molecule has 0 spiro atoms. The number of ether oxygens (including phenoxy) is 1. The highest BCUT2D eigenvalue weighted by molar-refractivity contribution is 6.42. The standard InChI is InChI=1S/C23H28Cl2N2O3/c1-15(22(29)26-23(2,3)4)27(14-17-7-6-8-18(11-17)30-5)21(28)13-16-9-10-19(24)20(25)12-16/h6-12,15H,13-14H2,1-5H3,(H,26,29). The van der Waals surface area contributed by atoms with E-state index in [4.69, 9.17) is 27.9 Å². The molecular formula is C23H28Cl2N2O3. The summed E-state index contributed by atoms with van der Waals surface area (Å²) < 4.78 is 5.28. The smallest absolute Gasteiger partial charge is 0.242 e. The summed E-state index contributed by atoms with van der Waals surface area (Å²) in [6.07, 6.45) is 0.105. The van der Waals surface area contributed by atoms with Crippen molar-refractivity contribution in [3.8, 4) is 5.75 Å². The molecule has 2 rings (SSSR count). The maximum absolute atomic E-state index is 13.2. The second-order valence-corrected chi connectivity index (χ2v) is 9.03. The molecule has 0 saturated heterocycles. The first-order chi connectivity index (χ1) is 14.0. The van der Waals surface area contributed by atoms with E-state index in [1.165, 1.54) is 0 Å². The third kappa shape index (κ3) is 6.92. The highest BCUT2D eigenvalue weighted by Gasteiger charge is 2.28. The Bertz CT molecular complexity index is 910. The fraction of sp³-hybridized carbons (Fsp3) is 0.391. The van der Waals surface area contributed by atoms with Crippen LogP contribution in [0, 0.1) is 0 Å². The van der Waals surface area contributed by atoms with Crippen LogP contribution in [-0.4, -0.2) is 35.4 Å². The number of benzene rings is 2. The zero-order valence-electron chi connectivity index (χ0n) is 18.0. The van der Waals surface area contributed by atoms with Gasteiger partial charge in [0.15, 0.2) is 0 Å². The normalized spacial score (nSPS) is 12.2. The fourth-order valence-electron chi connectivity index (χ4n) is 2.95. The Morgan fingerprint density at radius 3 is 2.37 bits per heavy atom. The molecule has 5 nitrogen and oxygen atoms in total. The number of hydrogen-bond acceptors (Lipinski definition) is 3. The average molecular weight is 451 g/mol. The van der Waals surface area contributed by atoms with Gasteiger partial charge in [0, 0.05) is 12.1 Å². The molecule has 1 N–H and O–H groups in total. The molecule has 1 atom stereocenters. The quantitative estimate of drug-likeness (QED) is 0.653. The number of carbonyl (C=O) groups excluding carboxylic acids is 2. The minimum Gasteiger partial charge on any atom is -0.497 e. The van der Waals surface area contributed by atoms with E-state index < -0.39 is 11.6 Å². The first-order valence-corrected chi connectivity index (χ1v) is 10.4. The van der Waals surface area contributed by atoms with Crippen LogP contribution in [0.25, 0.3) is 0 Å². The average Bonchev–Trinajstić information content (AvgIpc) is 2.67. The Hall–Kier alpha value is -2.24. The van der Waals surface area contributed by atoms with Crippen molar-refractivity contribution < 1.29 is 14.3 Å². The fourth-order valence-corrected chi connectivity index (χ4v) is 3.27. The molecule has 7 heteroatoms. The Morgan fingerprint density at radius 2 is 1.77 bits per heavy atom. The molecule has 2 aromatic carbocycles. The zero-order chi connectivity index (χ0) is 22.5. The third-order valence-electron chi connectivity index (χ3n) is 4.49. The maximum atomic E-state index is 13.2. The number of nitrogens with one attached hydrogen (secondary N) is 1. The zero-order valence-corrected chi connectivity index (χ0v) is 19.5. The first-order valence-electron chi connectivity index (χ1n) is 9.68. The molecule has 0 fully saturated rings. The van der Waals surface area contributed by atoms with Crippen LogP contribution in [0.3, 0.4) is 0 Å². The molecule has 0 aliphatic heterocycles. The third-order valence-corrected chi connectivity index (χ3v) is 5.23. The van der Waals surface area contributed by atoms with Gasteiger partial charge in [-0.05, 0) is 63.1 Å². The Balaban J connectivity index is 2.29. The second kappa shape index (κ2) is 10.2. The molecule has 30 heavy (non-hydrogen) atoms. The lowest BCUT2D eigenvalue weighted by Gasteiger charge is -2.31. The van der Waals surface area contributed by atoms with Gasteiger partial charge >= 0.3 is 0 Å². The molecule has 0 saturated carbocycles. The van der Waals surface area contributed by atoms with Crippen molar-refractivity contribution in [2.45, 2.75) is 52.2 Å². The van der Waals surface area contributed by atoms with E-state index in [0.717, 1.165) is 11.1 Å². The van der Waals surface area contributed by atoms with Crippen LogP contribution < -0.4 is 10.1 Å². The summed E-state index contributed by atoms with van der Waals surface area (Å²) >= 11 is 12.1. The number of hydrogen-bond donors (Lipinski definition) is 1. The largest absolute Gasteiger partial charge is 0.497 e. The number of methoxy groups -OCH3 is 1. The lowest BCUT2D eigenvalue weighted by atomic mass is 10.1. The van der Waals surface area contributed by atoms with Crippen molar-refractivity contribution in [3.63, 3.8) is 0 Å². The summed E-state index contributed by atoms with van der Waals surface area (Å²) in [7, 11) is 1.59. The first kappa shape index (κ1) is 24.0. The number of amides is 2. The Morgan fingerprint density at radius 1 is 1.07 bits per heavy atom. The van der Waals surface area contributed by atoms with E-state index in [9.17, 15) is 9.59 Å². The van der Waals surface area contributed by atoms with Gasteiger partial charge < -0.3 is 15.0 Å². The van der Waals surface area contributed by atoms with E-state index in [2.05, 4.69) is 5.32 Å². The minimum absolute atomic E-state index is 0.105. The molecule has 0 radical (unpaired) electrons. The van der Waals surface area contributed by atoms with Crippen molar-refractivity contribution in [2.75, 3.05) is 7.11 Å². The number of carbonyl (C=O) groups is 2. The minimum atomic E-state index is -0.661. The Labute approximate surface area is 188 Å². The van der Waals surface area contributed by atoms with E-state index >= 15 is 0 Å². The summed E-state index contributed by atoms with van der Waals surface area (Å²) in [6, 6.07) is 11.9.